The highest BCUT2D eigenvalue weighted by molar-refractivity contribution is 6.01. The monoisotopic (exact) mass is 398 g/mol. The lowest BCUT2D eigenvalue weighted by atomic mass is 10.0. The molecule has 1 amide bonds. The smallest absolute Gasteiger partial charge is 0.231 e. The number of fused-ring (bicyclic) bond motifs is 1. The minimum absolute atomic E-state index is 0.00519. The third kappa shape index (κ3) is 4.34. The molecule has 0 saturated carbocycles. The molecule has 0 aliphatic carbocycles. The molecular formula is C22H23FN2O4. The lowest BCUT2D eigenvalue weighted by molar-refractivity contribution is -0.137. The summed E-state index contributed by atoms with van der Waals surface area (Å²) in [6.07, 6.45) is 0.316. The number of halogens is 1. The molecule has 2 aromatic rings. The Hall–Kier alpha value is -3.09. The number of benzene rings is 2. The van der Waals surface area contributed by atoms with Crippen molar-refractivity contribution in [1.29, 1.82) is 0 Å². The lowest BCUT2D eigenvalue weighted by Crippen LogP contribution is -2.39. The zero-order valence-corrected chi connectivity index (χ0v) is 16.4. The van der Waals surface area contributed by atoms with Gasteiger partial charge in [0.25, 0.3) is 0 Å². The number of rotatable bonds is 6. The molecule has 0 radical (unpaired) electrons. The molecule has 1 atom stereocenters. The van der Waals surface area contributed by atoms with Gasteiger partial charge in [-0.15, -0.1) is 0 Å². The normalized spacial score (nSPS) is 17.2. The van der Waals surface area contributed by atoms with E-state index < -0.39 is 0 Å². The topological polar surface area (TPSA) is 60.4 Å². The summed E-state index contributed by atoms with van der Waals surface area (Å²) in [6.45, 7) is 4.63. The quantitative estimate of drug-likeness (QED) is 0.744. The molecule has 7 heteroatoms. The largest absolute Gasteiger partial charge is 0.454 e. The second kappa shape index (κ2) is 8.11. The second-order valence-electron chi connectivity index (χ2n) is 7.54. The number of hydrogen-bond donors (Lipinski definition) is 0. The average Bonchev–Trinajstić information content (AvgIpc) is 3.35. The van der Waals surface area contributed by atoms with Gasteiger partial charge in [-0.3, -0.25) is 4.79 Å². The van der Waals surface area contributed by atoms with Crippen LogP contribution >= 0.6 is 0 Å². The SMILES string of the molecule is CC(C)C(=O)N(Cc1cccc(F)c1)CC1CC(c2ccc3c(c2)OCO3)=NO1. The maximum Gasteiger partial charge on any atom is 0.231 e. The van der Waals surface area contributed by atoms with Crippen molar-refractivity contribution in [3.63, 3.8) is 0 Å². The van der Waals surface area contributed by atoms with Crippen LogP contribution in [0.1, 0.15) is 31.4 Å². The van der Waals surface area contributed by atoms with Gasteiger partial charge in [0.15, 0.2) is 17.6 Å². The van der Waals surface area contributed by atoms with E-state index in [1.54, 1.807) is 11.0 Å². The van der Waals surface area contributed by atoms with Gasteiger partial charge in [0, 0.05) is 24.4 Å². The van der Waals surface area contributed by atoms with Crippen molar-refractivity contribution in [2.24, 2.45) is 11.1 Å². The molecule has 2 heterocycles. The van der Waals surface area contributed by atoms with Gasteiger partial charge in [0.1, 0.15) is 5.82 Å². The summed E-state index contributed by atoms with van der Waals surface area (Å²) in [6, 6.07) is 12.0. The Labute approximate surface area is 168 Å². The van der Waals surface area contributed by atoms with Crippen molar-refractivity contribution in [3.05, 3.63) is 59.4 Å². The van der Waals surface area contributed by atoms with Gasteiger partial charge in [-0.25, -0.2) is 4.39 Å². The zero-order valence-electron chi connectivity index (χ0n) is 16.4. The van der Waals surface area contributed by atoms with Crippen LogP contribution < -0.4 is 9.47 Å². The Kier molecular flexibility index (Phi) is 5.38. The van der Waals surface area contributed by atoms with Crippen molar-refractivity contribution in [1.82, 2.24) is 4.90 Å². The first-order valence-electron chi connectivity index (χ1n) is 9.65. The van der Waals surface area contributed by atoms with E-state index in [4.69, 9.17) is 14.3 Å². The van der Waals surface area contributed by atoms with Gasteiger partial charge in [-0.1, -0.05) is 31.1 Å². The molecule has 0 fully saturated rings. The summed E-state index contributed by atoms with van der Waals surface area (Å²) in [5.41, 5.74) is 2.45. The molecule has 152 valence electrons. The van der Waals surface area contributed by atoms with Crippen molar-refractivity contribution in [2.75, 3.05) is 13.3 Å². The van der Waals surface area contributed by atoms with Crippen LogP contribution in [0.15, 0.2) is 47.6 Å². The van der Waals surface area contributed by atoms with Crippen LogP contribution in [-0.2, 0) is 16.2 Å². The Morgan fingerprint density at radius 1 is 1.21 bits per heavy atom. The van der Waals surface area contributed by atoms with E-state index in [2.05, 4.69) is 5.16 Å². The number of nitrogens with zero attached hydrogens (tertiary/aromatic N) is 2. The van der Waals surface area contributed by atoms with Gasteiger partial charge in [0.2, 0.25) is 12.7 Å². The molecule has 0 N–H and O–H groups in total. The van der Waals surface area contributed by atoms with E-state index >= 15 is 0 Å². The minimum atomic E-state index is -0.315. The highest BCUT2D eigenvalue weighted by Crippen LogP contribution is 2.33. The Balaban J connectivity index is 1.44. The number of ether oxygens (including phenoxy) is 2. The summed E-state index contributed by atoms with van der Waals surface area (Å²) in [7, 11) is 0. The maximum atomic E-state index is 13.6. The predicted molar refractivity (Wildman–Crippen MR) is 105 cm³/mol. The molecule has 0 spiro atoms. The van der Waals surface area contributed by atoms with Crippen LogP contribution in [0.2, 0.25) is 0 Å². The molecule has 4 rings (SSSR count). The van der Waals surface area contributed by atoms with E-state index in [0.29, 0.717) is 31.0 Å². The number of amides is 1. The molecule has 0 saturated heterocycles. The molecule has 2 aromatic carbocycles. The summed E-state index contributed by atoms with van der Waals surface area (Å²) in [5, 5.41) is 4.21. The number of hydrogen-bond acceptors (Lipinski definition) is 5. The van der Waals surface area contributed by atoms with Crippen LogP contribution in [-0.4, -0.2) is 36.0 Å². The maximum absolute atomic E-state index is 13.6. The Morgan fingerprint density at radius 3 is 2.83 bits per heavy atom. The number of carbonyl (C=O) groups is 1. The van der Waals surface area contributed by atoms with Crippen LogP contribution in [0.4, 0.5) is 4.39 Å². The second-order valence-corrected chi connectivity index (χ2v) is 7.54. The third-order valence-electron chi connectivity index (χ3n) is 4.93. The molecular weight excluding hydrogens is 375 g/mol. The van der Waals surface area contributed by atoms with Gasteiger partial charge in [0.05, 0.1) is 12.3 Å². The molecule has 0 bridgehead atoms. The molecule has 6 nitrogen and oxygen atoms in total. The Morgan fingerprint density at radius 2 is 2.03 bits per heavy atom. The van der Waals surface area contributed by atoms with Crippen molar-refractivity contribution >= 4 is 11.6 Å². The molecule has 29 heavy (non-hydrogen) atoms. The highest BCUT2D eigenvalue weighted by Gasteiger charge is 2.28. The first-order valence-corrected chi connectivity index (χ1v) is 9.65. The third-order valence-corrected chi connectivity index (χ3v) is 4.93. The molecule has 2 aliphatic heterocycles. The molecule has 0 aromatic heterocycles. The van der Waals surface area contributed by atoms with Crippen molar-refractivity contribution in [2.45, 2.75) is 32.9 Å². The fourth-order valence-electron chi connectivity index (χ4n) is 3.47. The summed E-state index contributed by atoms with van der Waals surface area (Å²) in [5.74, 6) is 0.920. The summed E-state index contributed by atoms with van der Waals surface area (Å²) in [4.78, 5) is 20.0. The van der Waals surface area contributed by atoms with Crippen LogP contribution in [0.25, 0.3) is 0 Å². The summed E-state index contributed by atoms with van der Waals surface area (Å²) >= 11 is 0. The summed E-state index contributed by atoms with van der Waals surface area (Å²) < 4.78 is 24.3. The van der Waals surface area contributed by atoms with Crippen LogP contribution in [0, 0.1) is 11.7 Å². The fraction of sp³-hybridized carbons (Fsp3) is 0.364. The van der Waals surface area contributed by atoms with Gasteiger partial charge in [-0.05, 0) is 35.9 Å². The average molecular weight is 398 g/mol. The fourth-order valence-corrected chi connectivity index (χ4v) is 3.47. The number of carbonyl (C=O) groups excluding carboxylic acids is 1. The molecule has 1 unspecified atom stereocenters. The van der Waals surface area contributed by atoms with Crippen molar-refractivity contribution in [3.8, 4) is 11.5 Å². The van der Waals surface area contributed by atoms with Gasteiger partial charge in [-0.2, -0.15) is 0 Å². The first-order chi connectivity index (χ1) is 14.0. The van der Waals surface area contributed by atoms with Crippen molar-refractivity contribution < 1.29 is 23.5 Å². The van der Waals surface area contributed by atoms with E-state index in [9.17, 15) is 9.18 Å². The van der Waals surface area contributed by atoms with Crippen LogP contribution in [0.5, 0.6) is 11.5 Å². The van der Waals surface area contributed by atoms with E-state index in [1.165, 1.54) is 12.1 Å². The van der Waals surface area contributed by atoms with E-state index in [1.807, 2.05) is 38.1 Å². The first kappa shape index (κ1) is 19.2. The Bertz CT molecular complexity index is 944. The van der Waals surface area contributed by atoms with Gasteiger partial charge >= 0.3 is 0 Å². The minimum Gasteiger partial charge on any atom is -0.454 e. The van der Waals surface area contributed by atoms with E-state index in [-0.39, 0.29) is 30.5 Å². The van der Waals surface area contributed by atoms with E-state index in [0.717, 1.165) is 16.8 Å². The lowest BCUT2D eigenvalue weighted by Gasteiger charge is -2.26. The molecule has 2 aliphatic rings. The zero-order chi connectivity index (χ0) is 20.4. The highest BCUT2D eigenvalue weighted by atomic mass is 19.1. The van der Waals surface area contributed by atoms with Gasteiger partial charge < -0.3 is 19.2 Å². The van der Waals surface area contributed by atoms with Crippen LogP contribution in [0.3, 0.4) is 0 Å². The predicted octanol–water partition coefficient (Wildman–Crippen LogP) is 3.73. The standard InChI is InChI=1S/C22H23FN2O4/c1-14(2)22(26)25(11-15-4-3-5-17(23)8-15)12-18-10-19(24-29-18)16-6-7-20-21(9-16)28-13-27-20/h3-9,14,18H,10-13H2,1-2H3. The number of oxime groups is 1.